The van der Waals surface area contributed by atoms with E-state index < -0.39 is 0 Å². The van der Waals surface area contributed by atoms with Gasteiger partial charge in [-0.2, -0.15) is 16.4 Å². The van der Waals surface area contributed by atoms with Crippen LogP contribution in [0.1, 0.15) is 50.7 Å². The second-order valence-electron chi connectivity index (χ2n) is 7.01. The van der Waals surface area contributed by atoms with Crippen LogP contribution in [0.2, 0.25) is 0 Å². The minimum atomic E-state index is 0. The Bertz CT molecular complexity index is 1040. The summed E-state index contributed by atoms with van der Waals surface area (Å²) in [6.45, 7) is 8.87. The minimum absolute atomic E-state index is 0. The van der Waals surface area contributed by atoms with E-state index in [0.717, 1.165) is 27.3 Å². The fraction of sp³-hybridized carbons (Fsp3) is 0.286. The molecule has 0 aliphatic carbocycles. The Morgan fingerprint density at radius 1 is 1.00 bits per heavy atom. The van der Waals surface area contributed by atoms with Crippen molar-refractivity contribution in [3.8, 4) is 17.1 Å². The second kappa shape index (κ2) is 8.01. The molecule has 0 fully saturated rings. The monoisotopic (exact) mass is 554 g/mol. The Hall–Kier alpha value is -1.88. The number of para-hydroxylation sites is 1. The number of hydrogen-bond donors (Lipinski definition) is 0. The largest absolute Gasteiger partial charge is 0.265 e. The molecule has 0 saturated carbocycles. The maximum absolute atomic E-state index is 4.61. The Labute approximate surface area is 177 Å². The van der Waals surface area contributed by atoms with E-state index in [-0.39, 0.29) is 20.1 Å². The van der Waals surface area contributed by atoms with Crippen molar-refractivity contribution in [3.05, 3.63) is 59.4 Å². The van der Waals surface area contributed by atoms with Gasteiger partial charge < -0.3 is 0 Å². The van der Waals surface area contributed by atoms with Gasteiger partial charge in [0.1, 0.15) is 6.33 Å². The van der Waals surface area contributed by atoms with Crippen molar-refractivity contribution < 1.29 is 20.1 Å². The number of rotatable bonds is 4. The fourth-order valence-corrected chi connectivity index (χ4v) is 4.11. The molecule has 2 aromatic carbocycles. The molecule has 0 amide bonds. The molecular formula is C21H21IrN4S-. The molecule has 4 aromatic rings. The van der Waals surface area contributed by atoms with Crippen LogP contribution in [0.25, 0.3) is 27.3 Å². The van der Waals surface area contributed by atoms with Crippen LogP contribution in [0.4, 0.5) is 0 Å². The van der Waals surface area contributed by atoms with Gasteiger partial charge in [-0.25, -0.2) is 0 Å². The van der Waals surface area contributed by atoms with Crippen LogP contribution in [0.15, 0.2) is 42.2 Å². The zero-order chi connectivity index (χ0) is 18.3. The summed E-state index contributed by atoms with van der Waals surface area (Å²) in [6, 6.07) is 13.8. The molecule has 141 valence electrons. The van der Waals surface area contributed by atoms with Gasteiger partial charge in [0, 0.05) is 20.1 Å². The molecule has 27 heavy (non-hydrogen) atoms. The summed E-state index contributed by atoms with van der Waals surface area (Å²) in [5.41, 5.74) is 7.48. The van der Waals surface area contributed by atoms with E-state index >= 15 is 0 Å². The summed E-state index contributed by atoms with van der Waals surface area (Å²) in [5, 5.41) is 4.61. The van der Waals surface area contributed by atoms with Crippen molar-refractivity contribution in [1.29, 1.82) is 0 Å². The summed E-state index contributed by atoms with van der Waals surface area (Å²) in [5.74, 6) is 1.60. The van der Waals surface area contributed by atoms with Gasteiger partial charge in [0.2, 0.25) is 0 Å². The normalized spacial score (nSPS) is 11.3. The molecule has 0 saturated heterocycles. The molecule has 0 aliphatic rings. The van der Waals surface area contributed by atoms with Crippen LogP contribution in [0, 0.1) is 6.07 Å². The molecule has 4 rings (SSSR count). The fourth-order valence-electron chi connectivity index (χ4n) is 3.33. The smallest absolute Gasteiger partial charge is 0.127 e. The molecule has 0 bridgehead atoms. The molecule has 2 heterocycles. The number of benzene rings is 2. The van der Waals surface area contributed by atoms with Crippen LogP contribution >= 0.6 is 11.3 Å². The zero-order valence-electron chi connectivity index (χ0n) is 15.7. The summed E-state index contributed by atoms with van der Waals surface area (Å²) in [6.07, 6.45) is 1.63. The van der Waals surface area contributed by atoms with Crippen LogP contribution in [0.3, 0.4) is 0 Å². The molecule has 2 aromatic heterocycles. The maximum atomic E-state index is 4.61. The van der Waals surface area contributed by atoms with E-state index in [2.05, 4.69) is 67.0 Å². The molecule has 0 atom stereocenters. The zero-order valence-corrected chi connectivity index (χ0v) is 18.9. The van der Waals surface area contributed by atoms with Crippen LogP contribution < -0.4 is 0 Å². The number of fused-ring (bicyclic) bond motifs is 1. The topological polar surface area (TPSA) is 43.6 Å². The SMILES string of the molecule is CC(C)c1cccc(C(C)C)c1-n1ncnc1-c1[c-]ccc2ncsc12.[Ir]. The van der Waals surface area contributed by atoms with Crippen molar-refractivity contribution in [2.24, 2.45) is 0 Å². The Morgan fingerprint density at radius 3 is 2.37 bits per heavy atom. The number of nitrogens with zero attached hydrogens (tertiary/aromatic N) is 4. The average molecular weight is 554 g/mol. The van der Waals surface area contributed by atoms with Crippen molar-refractivity contribution in [3.63, 3.8) is 0 Å². The molecule has 0 aliphatic heterocycles. The molecule has 1 radical (unpaired) electrons. The van der Waals surface area contributed by atoms with Crippen molar-refractivity contribution >= 4 is 21.6 Å². The predicted molar refractivity (Wildman–Crippen MR) is 107 cm³/mol. The van der Waals surface area contributed by atoms with Gasteiger partial charge in [-0.15, -0.1) is 18.2 Å². The number of aromatic nitrogens is 4. The van der Waals surface area contributed by atoms with Crippen LogP contribution in [-0.2, 0) is 20.1 Å². The third-order valence-electron chi connectivity index (χ3n) is 4.62. The van der Waals surface area contributed by atoms with Gasteiger partial charge in [-0.3, -0.25) is 14.6 Å². The Balaban J connectivity index is 0.00000210. The van der Waals surface area contributed by atoms with Gasteiger partial charge >= 0.3 is 0 Å². The van der Waals surface area contributed by atoms with E-state index in [1.54, 1.807) is 17.7 Å². The summed E-state index contributed by atoms with van der Waals surface area (Å²) >= 11 is 1.61. The molecule has 4 nitrogen and oxygen atoms in total. The van der Waals surface area contributed by atoms with E-state index in [4.69, 9.17) is 0 Å². The second-order valence-corrected chi connectivity index (χ2v) is 7.86. The standard InChI is InChI=1S/C21H21N4S.Ir/c1-13(2)15-7-5-8-16(14(3)4)19(15)25-21(22-11-24-25)17-9-6-10-18-20(17)26-12-23-18;/h5-8,10-14H,1-4H3;/q-1;. The van der Waals surface area contributed by atoms with Crippen molar-refractivity contribution in [2.75, 3.05) is 0 Å². The number of hydrogen-bond acceptors (Lipinski definition) is 4. The van der Waals surface area contributed by atoms with E-state index in [1.165, 1.54) is 11.1 Å². The third-order valence-corrected chi connectivity index (χ3v) is 5.48. The molecule has 0 N–H and O–H groups in total. The summed E-state index contributed by atoms with van der Waals surface area (Å²) < 4.78 is 3.07. The first-order valence-corrected chi connectivity index (χ1v) is 9.73. The van der Waals surface area contributed by atoms with Gasteiger partial charge in [-0.05, 0) is 33.2 Å². The first kappa shape index (κ1) is 19.9. The molecular weight excluding hydrogens is 533 g/mol. The van der Waals surface area contributed by atoms with E-state index in [9.17, 15) is 0 Å². The van der Waals surface area contributed by atoms with Crippen molar-refractivity contribution in [2.45, 2.75) is 39.5 Å². The first-order chi connectivity index (χ1) is 12.6. The maximum Gasteiger partial charge on any atom is 0.127 e. The van der Waals surface area contributed by atoms with Gasteiger partial charge in [-0.1, -0.05) is 51.5 Å². The molecule has 0 unspecified atom stereocenters. The quantitative estimate of drug-likeness (QED) is 0.310. The molecule has 0 spiro atoms. The Morgan fingerprint density at radius 2 is 1.70 bits per heavy atom. The van der Waals surface area contributed by atoms with Crippen molar-refractivity contribution in [1.82, 2.24) is 19.7 Å². The van der Waals surface area contributed by atoms with Gasteiger partial charge in [0.25, 0.3) is 0 Å². The predicted octanol–water partition coefficient (Wildman–Crippen LogP) is 5.59. The van der Waals surface area contributed by atoms with Crippen LogP contribution in [-0.4, -0.2) is 19.7 Å². The van der Waals surface area contributed by atoms with Gasteiger partial charge in [0.15, 0.2) is 0 Å². The third kappa shape index (κ3) is 3.49. The average Bonchev–Trinajstić information content (AvgIpc) is 3.29. The van der Waals surface area contributed by atoms with Crippen LogP contribution in [0.5, 0.6) is 0 Å². The minimum Gasteiger partial charge on any atom is -0.265 e. The summed E-state index contributed by atoms with van der Waals surface area (Å²) in [7, 11) is 0. The van der Waals surface area contributed by atoms with E-state index in [1.807, 2.05) is 22.3 Å². The summed E-state index contributed by atoms with van der Waals surface area (Å²) in [4.78, 5) is 9.02. The first-order valence-electron chi connectivity index (χ1n) is 8.85. The van der Waals surface area contributed by atoms with E-state index in [0.29, 0.717) is 11.8 Å². The Kier molecular flexibility index (Phi) is 5.89. The van der Waals surface area contributed by atoms with Gasteiger partial charge in [0.05, 0.1) is 17.0 Å². The number of thiazole rings is 1. The molecule has 6 heteroatoms.